The highest BCUT2D eigenvalue weighted by atomic mass is 28.4. The molecular formula is C19H34O3Si. The second-order valence-electron chi connectivity index (χ2n) is 8.49. The van der Waals surface area contributed by atoms with Gasteiger partial charge in [-0.05, 0) is 50.2 Å². The zero-order chi connectivity index (χ0) is 17.1. The van der Waals surface area contributed by atoms with Gasteiger partial charge in [-0.1, -0.05) is 26.7 Å². The van der Waals surface area contributed by atoms with E-state index in [0.717, 1.165) is 32.7 Å². The van der Waals surface area contributed by atoms with E-state index in [1.807, 2.05) is 6.92 Å². The fraction of sp³-hybridized carbons (Fsp3) is 0.895. The van der Waals surface area contributed by atoms with E-state index in [9.17, 15) is 0 Å². The lowest BCUT2D eigenvalue weighted by Gasteiger charge is -2.36. The highest BCUT2D eigenvalue weighted by Crippen LogP contribution is 2.45. The lowest BCUT2D eigenvalue weighted by atomic mass is 10.1. The highest BCUT2D eigenvalue weighted by Gasteiger charge is 2.46. The van der Waals surface area contributed by atoms with E-state index in [-0.39, 0.29) is 11.1 Å². The van der Waals surface area contributed by atoms with Gasteiger partial charge >= 0.3 is 0 Å². The third-order valence-electron chi connectivity index (χ3n) is 5.62. The second kappa shape index (κ2) is 7.69. The normalized spacial score (nSPS) is 27.2. The van der Waals surface area contributed by atoms with Crippen LogP contribution in [-0.2, 0) is 13.9 Å². The minimum absolute atomic E-state index is 0.0797. The molecule has 23 heavy (non-hydrogen) atoms. The summed E-state index contributed by atoms with van der Waals surface area (Å²) in [5, 5.41) is 0.276. The summed E-state index contributed by atoms with van der Waals surface area (Å²) in [6, 6.07) is 0. The average Bonchev–Trinajstić information content (AvgIpc) is 3.24. The van der Waals surface area contributed by atoms with Crippen LogP contribution in [0.5, 0.6) is 0 Å². The monoisotopic (exact) mass is 338 g/mol. The first kappa shape index (κ1) is 19.0. The second-order valence-corrected chi connectivity index (χ2v) is 13.3. The Morgan fingerprint density at radius 3 is 2.43 bits per heavy atom. The van der Waals surface area contributed by atoms with Crippen LogP contribution in [-0.4, -0.2) is 40.3 Å². The molecule has 1 aliphatic heterocycles. The molecule has 0 spiro atoms. The van der Waals surface area contributed by atoms with Gasteiger partial charge in [-0.25, -0.2) is 0 Å². The third kappa shape index (κ3) is 5.32. The number of hydrogen-bond acceptors (Lipinski definition) is 3. The van der Waals surface area contributed by atoms with Crippen molar-refractivity contribution in [2.24, 2.45) is 11.8 Å². The number of rotatable bonds is 6. The smallest absolute Gasteiger partial charge is 0.191 e. The van der Waals surface area contributed by atoms with E-state index in [1.54, 1.807) is 0 Å². The van der Waals surface area contributed by atoms with Crippen molar-refractivity contribution >= 4 is 8.32 Å². The quantitative estimate of drug-likeness (QED) is 0.536. The van der Waals surface area contributed by atoms with Crippen molar-refractivity contribution < 1.29 is 13.9 Å². The van der Waals surface area contributed by atoms with Crippen LogP contribution in [0.3, 0.4) is 0 Å². The van der Waals surface area contributed by atoms with Gasteiger partial charge in [0.1, 0.15) is 6.10 Å². The standard InChI is InChI=1S/C19H34O3Si/c1-7-8-18(22-16-9-11-20-12-10-16)17-13-15(17)14-21-23(5,6)19(2,3)4/h15-18H,9-14H2,1-6H3. The first-order chi connectivity index (χ1) is 10.7. The zero-order valence-electron chi connectivity index (χ0n) is 15.8. The van der Waals surface area contributed by atoms with E-state index in [0.29, 0.717) is 17.9 Å². The van der Waals surface area contributed by atoms with Crippen LogP contribution in [0.4, 0.5) is 0 Å². The molecule has 2 fully saturated rings. The van der Waals surface area contributed by atoms with Gasteiger partial charge in [0.15, 0.2) is 8.32 Å². The van der Waals surface area contributed by atoms with Gasteiger partial charge in [-0.3, -0.25) is 0 Å². The minimum Gasteiger partial charge on any atom is -0.417 e. The molecule has 0 amide bonds. The summed E-state index contributed by atoms with van der Waals surface area (Å²) >= 11 is 0. The van der Waals surface area contributed by atoms with Crippen molar-refractivity contribution in [1.82, 2.24) is 0 Å². The molecule has 0 aromatic rings. The van der Waals surface area contributed by atoms with Crippen LogP contribution >= 0.6 is 0 Å². The summed E-state index contributed by atoms with van der Waals surface area (Å²) in [7, 11) is -1.65. The fourth-order valence-electron chi connectivity index (χ4n) is 2.77. The van der Waals surface area contributed by atoms with Crippen molar-refractivity contribution in [1.29, 1.82) is 0 Å². The maximum absolute atomic E-state index is 6.38. The molecule has 2 aliphatic rings. The molecule has 1 heterocycles. The van der Waals surface area contributed by atoms with Gasteiger partial charge < -0.3 is 13.9 Å². The topological polar surface area (TPSA) is 27.7 Å². The van der Waals surface area contributed by atoms with Crippen molar-refractivity contribution in [2.45, 2.75) is 77.3 Å². The average molecular weight is 339 g/mol. The van der Waals surface area contributed by atoms with E-state index >= 15 is 0 Å². The third-order valence-corrected chi connectivity index (χ3v) is 10.1. The van der Waals surface area contributed by atoms with Gasteiger partial charge in [-0.2, -0.15) is 0 Å². The Balaban J connectivity index is 1.82. The van der Waals surface area contributed by atoms with Crippen LogP contribution < -0.4 is 0 Å². The van der Waals surface area contributed by atoms with Gasteiger partial charge in [0.2, 0.25) is 0 Å². The number of hydrogen-bond donors (Lipinski definition) is 0. The Morgan fingerprint density at radius 1 is 1.22 bits per heavy atom. The van der Waals surface area contributed by atoms with Crippen LogP contribution in [0.15, 0.2) is 0 Å². The summed E-state index contributed by atoms with van der Waals surface area (Å²) < 4.78 is 18.1. The molecular weight excluding hydrogens is 304 g/mol. The predicted molar refractivity (Wildman–Crippen MR) is 96.9 cm³/mol. The predicted octanol–water partition coefficient (Wildman–Crippen LogP) is 4.23. The maximum Gasteiger partial charge on any atom is 0.191 e. The van der Waals surface area contributed by atoms with Crippen molar-refractivity contribution in [3.63, 3.8) is 0 Å². The van der Waals surface area contributed by atoms with Gasteiger partial charge in [0.25, 0.3) is 0 Å². The van der Waals surface area contributed by atoms with Gasteiger partial charge in [-0.15, -0.1) is 5.92 Å². The molecule has 132 valence electrons. The maximum atomic E-state index is 6.38. The molecule has 3 nitrogen and oxygen atoms in total. The minimum atomic E-state index is -1.65. The summed E-state index contributed by atoms with van der Waals surface area (Å²) in [6.45, 7) is 16.0. The van der Waals surface area contributed by atoms with E-state index in [4.69, 9.17) is 13.9 Å². The molecule has 0 N–H and O–H groups in total. The Bertz CT molecular complexity index is 438. The van der Waals surface area contributed by atoms with E-state index in [1.165, 1.54) is 6.42 Å². The Morgan fingerprint density at radius 2 is 1.87 bits per heavy atom. The number of ether oxygens (including phenoxy) is 2. The lowest BCUT2D eigenvalue weighted by molar-refractivity contribution is -0.0580. The summed E-state index contributed by atoms with van der Waals surface area (Å²) in [5.74, 6) is 7.52. The molecule has 2 rings (SSSR count). The van der Waals surface area contributed by atoms with Crippen molar-refractivity contribution in [3.05, 3.63) is 0 Å². The van der Waals surface area contributed by atoms with Crippen LogP contribution in [0.25, 0.3) is 0 Å². The first-order valence-corrected chi connectivity index (χ1v) is 11.9. The van der Waals surface area contributed by atoms with Crippen molar-refractivity contribution in [3.8, 4) is 11.8 Å². The fourth-order valence-corrected chi connectivity index (χ4v) is 3.83. The molecule has 0 aromatic heterocycles. The lowest BCUT2D eigenvalue weighted by Crippen LogP contribution is -2.41. The molecule has 3 unspecified atom stereocenters. The Labute approximate surface area is 143 Å². The molecule has 3 atom stereocenters. The van der Waals surface area contributed by atoms with Crippen LogP contribution in [0.1, 0.15) is 47.0 Å². The van der Waals surface area contributed by atoms with Gasteiger partial charge in [0, 0.05) is 25.7 Å². The SMILES string of the molecule is CC#CC(OC1CCOCC1)C1CC1CO[Si](C)(C)C(C)(C)C. The van der Waals surface area contributed by atoms with Crippen molar-refractivity contribution in [2.75, 3.05) is 19.8 Å². The van der Waals surface area contributed by atoms with E-state index in [2.05, 4.69) is 45.7 Å². The van der Waals surface area contributed by atoms with Gasteiger partial charge in [0.05, 0.1) is 6.10 Å². The Hall–Kier alpha value is -0.343. The van der Waals surface area contributed by atoms with E-state index < -0.39 is 8.32 Å². The molecule has 4 heteroatoms. The Kier molecular flexibility index (Phi) is 6.35. The largest absolute Gasteiger partial charge is 0.417 e. The highest BCUT2D eigenvalue weighted by molar-refractivity contribution is 6.74. The zero-order valence-corrected chi connectivity index (χ0v) is 16.8. The molecule has 0 bridgehead atoms. The summed E-state index contributed by atoms with van der Waals surface area (Å²) in [5.41, 5.74) is 0. The first-order valence-electron chi connectivity index (χ1n) is 9.04. The summed E-state index contributed by atoms with van der Waals surface area (Å²) in [6.07, 6.45) is 3.59. The summed E-state index contributed by atoms with van der Waals surface area (Å²) in [4.78, 5) is 0. The molecule has 0 aromatic carbocycles. The molecule has 0 radical (unpaired) electrons. The van der Waals surface area contributed by atoms with Crippen LogP contribution in [0, 0.1) is 23.7 Å². The molecule has 1 aliphatic carbocycles. The molecule has 1 saturated carbocycles. The van der Waals surface area contributed by atoms with Crippen LogP contribution in [0.2, 0.25) is 18.1 Å². The molecule has 1 saturated heterocycles.